The first-order valence-electron chi connectivity index (χ1n) is 10.8. The van der Waals surface area contributed by atoms with E-state index < -0.39 is 6.04 Å². The van der Waals surface area contributed by atoms with Crippen molar-refractivity contribution in [2.75, 3.05) is 5.32 Å². The average molecular weight is 486 g/mol. The fourth-order valence-corrected chi connectivity index (χ4v) is 3.99. The Labute approximate surface area is 207 Å². The highest BCUT2D eigenvalue weighted by Crippen LogP contribution is 2.29. The van der Waals surface area contributed by atoms with Crippen LogP contribution in [0.3, 0.4) is 0 Å². The number of thiocarbonyl (C=S) groups is 1. The topological polar surface area (TPSA) is 111 Å². The lowest BCUT2D eigenvalue weighted by Gasteiger charge is -2.30. The molecule has 1 unspecified atom stereocenters. The lowest BCUT2D eigenvalue weighted by Crippen LogP contribution is -2.45. The predicted octanol–water partition coefficient (Wildman–Crippen LogP) is 4.43. The van der Waals surface area contributed by atoms with E-state index in [9.17, 15) is 19.8 Å². The van der Waals surface area contributed by atoms with Crippen LogP contribution >= 0.6 is 12.2 Å². The lowest BCUT2D eigenvalue weighted by atomic mass is 9.94. The zero-order chi connectivity index (χ0) is 24.9. The number of carbonyl (C=O) groups is 2. The first kappa shape index (κ1) is 23.7. The van der Waals surface area contributed by atoms with Gasteiger partial charge in [0.05, 0.1) is 11.6 Å². The van der Waals surface area contributed by atoms with Crippen LogP contribution in [-0.2, 0) is 4.79 Å². The van der Waals surface area contributed by atoms with Crippen LogP contribution in [0.2, 0.25) is 0 Å². The van der Waals surface area contributed by atoms with Crippen molar-refractivity contribution in [3.63, 3.8) is 0 Å². The molecular formula is C27H23N3O4S. The smallest absolute Gasteiger partial charge is 0.255 e. The Kier molecular flexibility index (Phi) is 6.93. The Bertz CT molecular complexity index is 1350. The minimum atomic E-state index is -0.540. The van der Waals surface area contributed by atoms with Gasteiger partial charge in [-0.1, -0.05) is 30.3 Å². The van der Waals surface area contributed by atoms with Crippen LogP contribution in [0.25, 0.3) is 6.08 Å². The van der Waals surface area contributed by atoms with E-state index in [1.54, 1.807) is 85.8 Å². The maximum Gasteiger partial charge on any atom is 0.255 e. The molecule has 0 saturated carbocycles. The first-order chi connectivity index (χ1) is 16.8. The van der Waals surface area contributed by atoms with Gasteiger partial charge in [-0.25, -0.2) is 0 Å². The van der Waals surface area contributed by atoms with Crippen LogP contribution in [0, 0.1) is 0 Å². The monoisotopic (exact) mass is 485 g/mol. The molecule has 0 aromatic heterocycles. The number of nitrogens with one attached hydrogen (secondary N) is 3. The standard InChI is InChI=1S/C27H23N3O4S/c1-16-24(25(30-27(35)28-16)19-3-2-4-22(32)15-19)26(34)29-20-10-8-18(9-11-20)23(33)14-7-17-5-12-21(31)13-6-17/h2-15,25,31-32H,1H3,(H,29,34)(H2,28,30,35)/b14-7+. The maximum absolute atomic E-state index is 13.2. The molecule has 0 fully saturated rings. The van der Waals surface area contributed by atoms with E-state index in [0.29, 0.717) is 33.2 Å². The number of anilines is 1. The Morgan fingerprint density at radius 3 is 2.37 bits per heavy atom. The molecule has 8 heteroatoms. The summed E-state index contributed by atoms with van der Waals surface area (Å²) in [5.74, 6) is -0.282. The zero-order valence-corrected chi connectivity index (χ0v) is 19.6. The largest absolute Gasteiger partial charge is 0.508 e. The molecule has 1 heterocycles. The van der Waals surface area contributed by atoms with Crippen LogP contribution in [0.15, 0.2) is 90.1 Å². The summed E-state index contributed by atoms with van der Waals surface area (Å²) >= 11 is 5.26. The van der Waals surface area contributed by atoms with Crippen LogP contribution < -0.4 is 16.0 Å². The number of phenolic OH excluding ortho intramolecular Hbond substituents is 2. The van der Waals surface area contributed by atoms with E-state index in [-0.39, 0.29) is 23.2 Å². The van der Waals surface area contributed by atoms with Crippen molar-refractivity contribution in [2.45, 2.75) is 13.0 Å². The van der Waals surface area contributed by atoms with E-state index in [4.69, 9.17) is 12.2 Å². The third-order valence-electron chi connectivity index (χ3n) is 5.46. The summed E-state index contributed by atoms with van der Waals surface area (Å²) in [4.78, 5) is 25.7. The minimum absolute atomic E-state index is 0.0888. The average Bonchev–Trinajstić information content (AvgIpc) is 2.83. The molecule has 0 spiro atoms. The minimum Gasteiger partial charge on any atom is -0.508 e. The number of amides is 1. The van der Waals surface area contributed by atoms with Crippen LogP contribution in [0.5, 0.6) is 11.5 Å². The van der Waals surface area contributed by atoms with Gasteiger partial charge in [0.2, 0.25) is 0 Å². The summed E-state index contributed by atoms with van der Waals surface area (Å²) in [6.45, 7) is 1.76. The molecule has 0 aliphatic carbocycles. The van der Waals surface area contributed by atoms with Gasteiger partial charge in [0, 0.05) is 16.9 Å². The molecule has 3 aromatic rings. The summed E-state index contributed by atoms with van der Waals surface area (Å²) in [7, 11) is 0. The van der Waals surface area contributed by atoms with Gasteiger partial charge in [0.25, 0.3) is 5.91 Å². The molecular weight excluding hydrogens is 462 g/mol. The van der Waals surface area contributed by atoms with Gasteiger partial charge >= 0.3 is 0 Å². The number of phenols is 2. The number of carbonyl (C=O) groups excluding carboxylic acids is 2. The summed E-state index contributed by atoms with van der Waals surface area (Å²) in [6.07, 6.45) is 3.12. The van der Waals surface area contributed by atoms with Gasteiger partial charge in [0.15, 0.2) is 10.9 Å². The van der Waals surface area contributed by atoms with Gasteiger partial charge in [-0.05, 0) is 84.9 Å². The van der Waals surface area contributed by atoms with Gasteiger partial charge in [-0.3, -0.25) is 9.59 Å². The highest BCUT2D eigenvalue weighted by molar-refractivity contribution is 7.80. The second-order valence-corrected chi connectivity index (χ2v) is 8.39. The molecule has 1 aliphatic rings. The fraction of sp³-hybridized carbons (Fsp3) is 0.0741. The quantitative estimate of drug-likeness (QED) is 0.200. The summed E-state index contributed by atoms with van der Waals surface area (Å²) < 4.78 is 0. The number of benzene rings is 3. The van der Waals surface area contributed by atoms with Crippen LogP contribution in [0.1, 0.15) is 34.5 Å². The van der Waals surface area contributed by atoms with Crippen molar-refractivity contribution < 1.29 is 19.8 Å². The first-order valence-corrected chi connectivity index (χ1v) is 11.2. The number of aromatic hydroxyl groups is 2. The SMILES string of the molecule is CC1=C(C(=O)Nc2ccc(C(=O)/C=C/c3ccc(O)cc3)cc2)C(c2cccc(O)c2)NC(=S)N1. The molecule has 3 aromatic carbocycles. The highest BCUT2D eigenvalue weighted by Gasteiger charge is 2.30. The molecule has 5 N–H and O–H groups in total. The lowest BCUT2D eigenvalue weighted by molar-refractivity contribution is -0.113. The van der Waals surface area contributed by atoms with Crippen LogP contribution in [0.4, 0.5) is 5.69 Å². The number of allylic oxidation sites excluding steroid dienone is 2. The van der Waals surface area contributed by atoms with Crippen molar-refractivity contribution in [3.8, 4) is 11.5 Å². The third kappa shape index (κ3) is 5.74. The Balaban J connectivity index is 1.48. The second-order valence-electron chi connectivity index (χ2n) is 7.99. The maximum atomic E-state index is 13.2. The number of hydrogen-bond acceptors (Lipinski definition) is 5. The molecule has 35 heavy (non-hydrogen) atoms. The molecule has 176 valence electrons. The van der Waals surface area contributed by atoms with Crippen LogP contribution in [-0.4, -0.2) is 27.0 Å². The number of ketones is 1. The van der Waals surface area contributed by atoms with Gasteiger partial charge in [0.1, 0.15) is 11.5 Å². The van der Waals surface area contributed by atoms with Crippen molar-refractivity contribution in [3.05, 3.63) is 107 Å². The fourth-order valence-electron chi connectivity index (χ4n) is 3.72. The van der Waals surface area contributed by atoms with Crippen molar-refractivity contribution in [1.29, 1.82) is 0 Å². The molecule has 0 radical (unpaired) electrons. The van der Waals surface area contributed by atoms with Crippen molar-refractivity contribution >= 4 is 40.8 Å². The molecule has 1 amide bonds. The van der Waals surface area contributed by atoms with E-state index in [1.165, 1.54) is 6.08 Å². The molecule has 0 bridgehead atoms. The summed E-state index contributed by atoms with van der Waals surface area (Å²) in [5, 5.41) is 28.5. The number of hydrogen-bond donors (Lipinski definition) is 5. The Morgan fingerprint density at radius 1 is 0.971 bits per heavy atom. The Hall–Kier alpha value is -4.43. The molecule has 0 saturated heterocycles. The van der Waals surface area contributed by atoms with E-state index >= 15 is 0 Å². The highest BCUT2D eigenvalue weighted by atomic mass is 32.1. The molecule has 7 nitrogen and oxygen atoms in total. The van der Waals surface area contributed by atoms with Gasteiger partial charge < -0.3 is 26.2 Å². The Morgan fingerprint density at radius 2 is 1.69 bits per heavy atom. The summed E-state index contributed by atoms with van der Waals surface area (Å²) in [6, 6.07) is 19.2. The molecule has 4 rings (SSSR count). The van der Waals surface area contributed by atoms with E-state index in [0.717, 1.165) is 5.56 Å². The van der Waals surface area contributed by atoms with Gasteiger partial charge in [-0.2, -0.15) is 0 Å². The summed E-state index contributed by atoms with van der Waals surface area (Å²) in [5.41, 5.74) is 3.51. The zero-order valence-electron chi connectivity index (χ0n) is 18.8. The number of rotatable bonds is 6. The molecule has 1 aliphatic heterocycles. The van der Waals surface area contributed by atoms with E-state index in [2.05, 4.69) is 16.0 Å². The predicted molar refractivity (Wildman–Crippen MR) is 139 cm³/mol. The molecule has 1 atom stereocenters. The van der Waals surface area contributed by atoms with Crippen molar-refractivity contribution in [1.82, 2.24) is 10.6 Å². The third-order valence-corrected chi connectivity index (χ3v) is 5.68. The normalized spacial score (nSPS) is 15.5. The van der Waals surface area contributed by atoms with E-state index in [1.807, 2.05) is 0 Å². The van der Waals surface area contributed by atoms with Gasteiger partial charge in [-0.15, -0.1) is 0 Å². The second kappa shape index (κ2) is 10.2. The van der Waals surface area contributed by atoms with Crippen molar-refractivity contribution in [2.24, 2.45) is 0 Å².